The summed E-state index contributed by atoms with van der Waals surface area (Å²) in [6.07, 6.45) is 3.85. The van der Waals surface area contributed by atoms with Crippen molar-refractivity contribution < 1.29 is 9.64 Å². The minimum absolute atomic E-state index is 0.690. The summed E-state index contributed by atoms with van der Waals surface area (Å²) in [7, 11) is 0. The van der Waals surface area contributed by atoms with Gasteiger partial charge in [0.05, 0.1) is 35.7 Å². The number of quaternary nitrogens is 1. The van der Waals surface area contributed by atoms with E-state index in [1.54, 1.807) is 4.90 Å². The lowest BCUT2D eigenvalue weighted by molar-refractivity contribution is -0.887. The van der Waals surface area contributed by atoms with Crippen LogP contribution >= 0.6 is 27.5 Å². The van der Waals surface area contributed by atoms with Gasteiger partial charge in [0.2, 0.25) is 0 Å². The number of hydrogen-bond donors (Lipinski definition) is 1. The molecule has 4 heteroatoms. The van der Waals surface area contributed by atoms with Gasteiger partial charge in [0.25, 0.3) is 0 Å². The lowest BCUT2D eigenvalue weighted by Gasteiger charge is -2.14. The van der Waals surface area contributed by atoms with Crippen LogP contribution in [0.25, 0.3) is 0 Å². The standard InChI is InChI=1S/C14H19BrClNO/c1-11-9-12(15)14(13(16)10-11)18-8-4-7-17-5-2-3-6-17/h9-10H,2-8H2,1H3/p+1. The molecule has 1 aromatic rings. The van der Waals surface area contributed by atoms with Crippen molar-refractivity contribution in [2.75, 3.05) is 26.2 Å². The van der Waals surface area contributed by atoms with Crippen LogP contribution in [0.1, 0.15) is 24.8 Å². The molecule has 0 amide bonds. The van der Waals surface area contributed by atoms with Gasteiger partial charge in [-0.05, 0) is 40.5 Å². The molecule has 1 fully saturated rings. The summed E-state index contributed by atoms with van der Waals surface area (Å²) in [6.45, 7) is 6.63. The van der Waals surface area contributed by atoms with E-state index in [9.17, 15) is 0 Å². The van der Waals surface area contributed by atoms with Gasteiger partial charge in [0.1, 0.15) is 0 Å². The van der Waals surface area contributed by atoms with Gasteiger partial charge < -0.3 is 9.64 Å². The fourth-order valence-electron chi connectivity index (χ4n) is 2.45. The van der Waals surface area contributed by atoms with E-state index in [1.165, 1.54) is 32.5 Å². The molecule has 0 aromatic heterocycles. The summed E-state index contributed by atoms with van der Waals surface area (Å²) < 4.78 is 6.74. The summed E-state index contributed by atoms with van der Waals surface area (Å²) in [5.74, 6) is 0.777. The molecule has 18 heavy (non-hydrogen) atoms. The molecular weight excluding hydrogens is 314 g/mol. The number of halogens is 2. The molecule has 1 heterocycles. The van der Waals surface area contributed by atoms with Crippen LogP contribution in [0.5, 0.6) is 5.75 Å². The monoisotopic (exact) mass is 332 g/mol. The third-order valence-corrected chi connectivity index (χ3v) is 4.24. The Hall–Kier alpha value is -0.250. The van der Waals surface area contributed by atoms with Crippen LogP contribution in [0, 0.1) is 6.92 Å². The van der Waals surface area contributed by atoms with Gasteiger partial charge in [-0.3, -0.25) is 0 Å². The third kappa shape index (κ3) is 3.87. The molecule has 0 saturated carbocycles. The van der Waals surface area contributed by atoms with Gasteiger partial charge in [-0.1, -0.05) is 11.6 Å². The third-order valence-electron chi connectivity index (χ3n) is 3.37. The van der Waals surface area contributed by atoms with Crippen LogP contribution in [0.4, 0.5) is 0 Å². The molecule has 1 aliphatic heterocycles. The van der Waals surface area contributed by atoms with Crippen molar-refractivity contribution in [1.82, 2.24) is 0 Å². The topological polar surface area (TPSA) is 13.7 Å². The molecule has 2 nitrogen and oxygen atoms in total. The largest absolute Gasteiger partial charge is 0.491 e. The maximum atomic E-state index is 6.18. The van der Waals surface area contributed by atoms with Gasteiger partial charge in [-0.2, -0.15) is 0 Å². The van der Waals surface area contributed by atoms with Crippen LogP contribution < -0.4 is 9.64 Å². The Morgan fingerprint density at radius 3 is 2.72 bits per heavy atom. The average Bonchev–Trinajstić information content (AvgIpc) is 2.79. The molecule has 2 rings (SSSR count). The van der Waals surface area contributed by atoms with E-state index in [0.29, 0.717) is 5.02 Å². The first-order valence-corrected chi connectivity index (χ1v) is 7.76. The SMILES string of the molecule is Cc1cc(Cl)c(OCCC[NH+]2CCCC2)c(Br)c1. The maximum Gasteiger partial charge on any atom is 0.152 e. The molecule has 0 atom stereocenters. The van der Waals surface area contributed by atoms with Crippen molar-refractivity contribution in [2.24, 2.45) is 0 Å². The number of benzene rings is 1. The molecule has 100 valence electrons. The van der Waals surface area contributed by atoms with Crippen LogP contribution in [0.2, 0.25) is 5.02 Å². The highest BCUT2D eigenvalue weighted by molar-refractivity contribution is 9.10. The van der Waals surface area contributed by atoms with Crippen molar-refractivity contribution in [3.05, 3.63) is 27.2 Å². The lowest BCUT2D eigenvalue weighted by Crippen LogP contribution is -3.10. The van der Waals surface area contributed by atoms with E-state index in [4.69, 9.17) is 16.3 Å². The molecule has 1 aliphatic rings. The Labute approximate surface area is 122 Å². The molecule has 1 aromatic carbocycles. The van der Waals surface area contributed by atoms with Crippen molar-refractivity contribution >= 4 is 27.5 Å². The fourth-order valence-corrected chi connectivity index (χ4v) is 3.58. The Morgan fingerprint density at radius 2 is 2.06 bits per heavy atom. The maximum absolute atomic E-state index is 6.18. The molecular formula is C14H20BrClNO+. The first-order chi connectivity index (χ1) is 8.66. The van der Waals surface area contributed by atoms with E-state index in [1.807, 2.05) is 19.1 Å². The van der Waals surface area contributed by atoms with Crippen LogP contribution in [-0.2, 0) is 0 Å². The summed E-state index contributed by atoms with van der Waals surface area (Å²) in [4.78, 5) is 1.72. The average molecular weight is 334 g/mol. The summed E-state index contributed by atoms with van der Waals surface area (Å²) >= 11 is 9.68. The number of aryl methyl sites for hydroxylation is 1. The first-order valence-electron chi connectivity index (χ1n) is 6.59. The van der Waals surface area contributed by atoms with Crippen LogP contribution in [0.15, 0.2) is 16.6 Å². The van der Waals surface area contributed by atoms with Crippen molar-refractivity contribution in [2.45, 2.75) is 26.2 Å². The van der Waals surface area contributed by atoms with Gasteiger partial charge in [0, 0.05) is 19.3 Å². The van der Waals surface area contributed by atoms with E-state index in [2.05, 4.69) is 15.9 Å². The molecule has 1 saturated heterocycles. The quantitative estimate of drug-likeness (QED) is 0.818. The van der Waals surface area contributed by atoms with E-state index < -0.39 is 0 Å². The van der Waals surface area contributed by atoms with Gasteiger partial charge >= 0.3 is 0 Å². The number of rotatable bonds is 5. The second kappa shape index (κ2) is 6.78. The van der Waals surface area contributed by atoms with E-state index in [0.717, 1.165) is 28.8 Å². The van der Waals surface area contributed by atoms with Gasteiger partial charge in [-0.25, -0.2) is 0 Å². The fraction of sp³-hybridized carbons (Fsp3) is 0.571. The second-order valence-corrected chi connectivity index (χ2v) is 6.23. The van der Waals surface area contributed by atoms with Crippen LogP contribution in [-0.4, -0.2) is 26.2 Å². The molecule has 0 spiro atoms. The van der Waals surface area contributed by atoms with Gasteiger partial charge in [0.15, 0.2) is 5.75 Å². The van der Waals surface area contributed by atoms with Crippen molar-refractivity contribution in [3.63, 3.8) is 0 Å². The molecule has 0 radical (unpaired) electrons. The van der Waals surface area contributed by atoms with Gasteiger partial charge in [-0.15, -0.1) is 0 Å². The second-order valence-electron chi connectivity index (χ2n) is 4.97. The van der Waals surface area contributed by atoms with E-state index >= 15 is 0 Å². The zero-order chi connectivity index (χ0) is 13.0. The number of ether oxygens (including phenoxy) is 1. The predicted molar refractivity (Wildman–Crippen MR) is 78.8 cm³/mol. The lowest BCUT2D eigenvalue weighted by atomic mass is 10.2. The summed E-state index contributed by atoms with van der Waals surface area (Å²) in [5.41, 5.74) is 1.14. The minimum Gasteiger partial charge on any atom is -0.491 e. The molecule has 1 N–H and O–H groups in total. The highest BCUT2D eigenvalue weighted by Gasteiger charge is 2.14. The van der Waals surface area contributed by atoms with Crippen molar-refractivity contribution in [1.29, 1.82) is 0 Å². The Bertz CT molecular complexity index is 382. The Morgan fingerprint density at radius 1 is 1.33 bits per heavy atom. The number of likely N-dealkylation sites (tertiary alicyclic amines) is 1. The number of nitrogens with one attached hydrogen (secondary N) is 1. The molecule has 0 aliphatic carbocycles. The molecule has 0 bridgehead atoms. The summed E-state index contributed by atoms with van der Waals surface area (Å²) in [5, 5.41) is 0.690. The number of hydrogen-bond acceptors (Lipinski definition) is 1. The minimum atomic E-state index is 0.690. The van der Waals surface area contributed by atoms with E-state index in [-0.39, 0.29) is 0 Å². The van der Waals surface area contributed by atoms with Crippen LogP contribution in [0.3, 0.4) is 0 Å². The Balaban J connectivity index is 1.79. The zero-order valence-corrected chi connectivity index (χ0v) is 13.1. The normalized spacial score (nSPS) is 16.2. The predicted octanol–water partition coefficient (Wildman–Crippen LogP) is 2.86. The highest BCUT2D eigenvalue weighted by Crippen LogP contribution is 2.34. The first kappa shape index (κ1) is 14.2. The van der Waals surface area contributed by atoms with Crippen molar-refractivity contribution in [3.8, 4) is 5.75 Å². The summed E-state index contributed by atoms with van der Waals surface area (Å²) in [6, 6.07) is 3.97. The molecule has 0 unspecified atom stereocenters. The zero-order valence-electron chi connectivity index (χ0n) is 10.8. The smallest absolute Gasteiger partial charge is 0.152 e. The highest BCUT2D eigenvalue weighted by atomic mass is 79.9. The Kier molecular flexibility index (Phi) is 5.34.